The van der Waals surface area contributed by atoms with Gasteiger partial charge < -0.3 is 15.8 Å². The lowest BCUT2D eigenvalue weighted by Gasteiger charge is -2.60. The van der Waals surface area contributed by atoms with Crippen molar-refractivity contribution in [2.75, 3.05) is 0 Å². The first kappa shape index (κ1) is 14.7. The van der Waals surface area contributed by atoms with Crippen LogP contribution in [0.3, 0.4) is 0 Å². The molecule has 2 atom stereocenters. The molecule has 0 aromatic carbocycles. The van der Waals surface area contributed by atoms with Gasteiger partial charge in [-0.05, 0) is 71.1 Å². The van der Waals surface area contributed by atoms with Crippen LogP contribution < -0.4 is 11.1 Å². The molecule has 21 heavy (non-hydrogen) atoms. The molecule has 4 rings (SSSR count). The molecule has 0 radical (unpaired) electrons. The van der Waals surface area contributed by atoms with Crippen molar-refractivity contribution in [2.24, 2.45) is 23.0 Å². The van der Waals surface area contributed by atoms with E-state index in [2.05, 4.69) is 5.32 Å². The molecule has 0 aromatic rings. The topological polar surface area (TPSA) is 81.4 Å². The average Bonchev–Trinajstić information content (AvgIpc) is 2.22. The predicted octanol–water partition coefficient (Wildman–Crippen LogP) is 2.34. The van der Waals surface area contributed by atoms with E-state index in [0.717, 1.165) is 25.7 Å². The Balaban J connectivity index is 1.79. The third-order valence-electron chi connectivity index (χ3n) is 5.35. The fourth-order valence-electron chi connectivity index (χ4n) is 5.22. The van der Waals surface area contributed by atoms with Gasteiger partial charge in [0.1, 0.15) is 5.60 Å². The Morgan fingerprint density at radius 1 is 1.14 bits per heavy atom. The molecule has 0 spiro atoms. The molecule has 4 aliphatic rings. The Labute approximate surface area is 126 Å². The van der Waals surface area contributed by atoms with Gasteiger partial charge in [-0.3, -0.25) is 4.79 Å². The lowest BCUT2D eigenvalue weighted by atomic mass is 9.46. The van der Waals surface area contributed by atoms with Crippen LogP contribution in [-0.4, -0.2) is 23.1 Å². The van der Waals surface area contributed by atoms with E-state index < -0.39 is 11.0 Å². The minimum Gasteiger partial charge on any atom is -0.444 e. The summed E-state index contributed by atoms with van der Waals surface area (Å²) < 4.78 is 5.40. The van der Waals surface area contributed by atoms with E-state index in [1.165, 1.54) is 6.42 Å². The van der Waals surface area contributed by atoms with Crippen LogP contribution in [0.2, 0.25) is 0 Å². The van der Waals surface area contributed by atoms with E-state index in [1.54, 1.807) is 0 Å². The smallest absolute Gasteiger partial charge is 0.408 e. The van der Waals surface area contributed by atoms with Crippen molar-refractivity contribution in [3.8, 4) is 0 Å². The average molecular weight is 294 g/mol. The Morgan fingerprint density at radius 2 is 1.71 bits per heavy atom. The van der Waals surface area contributed by atoms with E-state index in [4.69, 9.17) is 10.5 Å². The first-order valence-electron chi connectivity index (χ1n) is 7.93. The van der Waals surface area contributed by atoms with Crippen LogP contribution >= 0.6 is 0 Å². The minimum absolute atomic E-state index is 0.188. The number of rotatable bonds is 2. The van der Waals surface area contributed by atoms with Gasteiger partial charge in [-0.25, -0.2) is 4.79 Å². The van der Waals surface area contributed by atoms with Crippen LogP contribution in [0.5, 0.6) is 0 Å². The van der Waals surface area contributed by atoms with Crippen molar-refractivity contribution >= 4 is 12.0 Å². The van der Waals surface area contributed by atoms with Crippen LogP contribution in [0, 0.1) is 17.3 Å². The molecule has 3 N–H and O–H groups in total. The molecule has 2 unspecified atom stereocenters. The van der Waals surface area contributed by atoms with Gasteiger partial charge in [0.25, 0.3) is 0 Å². The van der Waals surface area contributed by atoms with Crippen molar-refractivity contribution in [1.82, 2.24) is 5.32 Å². The SMILES string of the molecule is CC(C)(C)OC(=O)NC12CC3CC(C1)CC(C(N)=O)(C3)C2. The van der Waals surface area contributed by atoms with Crippen LogP contribution in [0.15, 0.2) is 0 Å². The molecule has 118 valence electrons. The van der Waals surface area contributed by atoms with Gasteiger partial charge in [0.15, 0.2) is 0 Å². The molecular formula is C16H26N2O3. The third kappa shape index (κ3) is 2.62. The van der Waals surface area contributed by atoms with Gasteiger partial charge in [0.2, 0.25) is 5.91 Å². The molecule has 2 amide bonds. The highest BCUT2D eigenvalue weighted by Crippen LogP contribution is 2.61. The summed E-state index contributed by atoms with van der Waals surface area (Å²) in [5, 5.41) is 3.09. The molecule has 0 heterocycles. The van der Waals surface area contributed by atoms with Crippen molar-refractivity contribution in [3.63, 3.8) is 0 Å². The lowest BCUT2D eigenvalue weighted by Crippen LogP contribution is -2.65. The Bertz CT molecular complexity index is 466. The lowest BCUT2D eigenvalue weighted by molar-refractivity contribution is -0.146. The van der Waals surface area contributed by atoms with Crippen LogP contribution in [0.4, 0.5) is 4.79 Å². The van der Waals surface area contributed by atoms with E-state index in [9.17, 15) is 9.59 Å². The maximum absolute atomic E-state index is 12.2. The number of ether oxygens (including phenoxy) is 1. The maximum atomic E-state index is 12.2. The summed E-state index contributed by atoms with van der Waals surface area (Å²) in [6.07, 6.45) is 5.20. The summed E-state index contributed by atoms with van der Waals surface area (Å²) in [7, 11) is 0. The monoisotopic (exact) mass is 294 g/mol. The molecule has 4 aliphatic carbocycles. The van der Waals surface area contributed by atoms with Gasteiger partial charge >= 0.3 is 6.09 Å². The van der Waals surface area contributed by atoms with Gasteiger partial charge in [-0.15, -0.1) is 0 Å². The second-order valence-electron chi connectivity index (χ2n) is 8.51. The van der Waals surface area contributed by atoms with Gasteiger partial charge in [0.05, 0.1) is 5.41 Å². The molecule has 5 heteroatoms. The van der Waals surface area contributed by atoms with Gasteiger partial charge in [0, 0.05) is 5.54 Å². The van der Waals surface area contributed by atoms with E-state index in [-0.39, 0.29) is 17.5 Å². The molecule has 0 saturated heterocycles. The summed E-state index contributed by atoms with van der Waals surface area (Å²) in [4.78, 5) is 24.2. The van der Waals surface area contributed by atoms with Crippen LogP contribution in [0.25, 0.3) is 0 Å². The van der Waals surface area contributed by atoms with Crippen LogP contribution in [0.1, 0.15) is 59.3 Å². The number of hydrogen-bond acceptors (Lipinski definition) is 3. The summed E-state index contributed by atoms with van der Waals surface area (Å²) in [5.74, 6) is 0.828. The van der Waals surface area contributed by atoms with E-state index in [0.29, 0.717) is 18.3 Å². The minimum atomic E-state index is -0.506. The van der Waals surface area contributed by atoms with E-state index >= 15 is 0 Å². The molecular weight excluding hydrogens is 268 g/mol. The number of alkyl carbamates (subject to hydrolysis) is 1. The zero-order valence-corrected chi connectivity index (χ0v) is 13.2. The first-order valence-corrected chi connectivity index (χ1v) is 7.93. The number of primary amides is 1. The van der Waals surface area contributed by atoms with Crippen molar-refractivity contribution in [1.29, 1.82) is 0 Å². The second kappa shape index (κ2) is 4.37. The summed E-state index contributed by atoms with van der Waals surface area (Å²) in [5.41, 5.74) is 4.50. The number of carbonyl (C=O) groups excluding carboxylic acids is 2. The number of hydrogen-bond donors (Lipinski definition) is 2. The molecule has 0 aromatic heterocycles. The first-order chi connectivity index (χ1) is 9.62. The van der Waals surface area contributed by atoms with Crippen molar-refractivity contribution < 1.29 is 14.3 Å². The molecule has 5 nitrogen and oxygen atoms in total. The maximum Gasteiger partial charge on any atom is 0.408 e. The largest absolute Gasteiger partial charge is 0.444 e. The van der Waals surface area contributed by atoms with Crippen LogP contribution in [-0.2, 0) is 9.53 Å². The van der Waals surface area contributed by atoms with Crippen molar-refractivity contribution in [2.45, 2.75) is 70.4 Å². The predicted molar refractivity (Wildman–Crippen MR) is 78.4 cm³/mol. The Morgan fingerprint density at radius 3 is 2.19 bits per heavy atom. The standard InChI is InChI=1S/C16H26N2O3/c1-14(2,3)21-13(20)18-16-7-10-4-11(8-16)6-15(5-10,9-16)12(17)19/h10-11H,4-9H2,1-3H3,(H2,17,19)(H,18,20). The van der Waals surface area contributed by atoms with E-state index in [1.807, 2.05) is 20.8 Å². The molecule has 4 bridgehead atoms. The summed E-state index contributed by atoms with van der Waals surface area (Å²) in [6, 6.07) is 0. The number of nitrogens with two attached hydrogens (primary N) is 1. The fourth-order valence-corrected chi connectivity index (χ4v) is 5.22. The number of nitrogens with one attached hydrogen (secondary N) is 1. The normalized spacial score (nSPS) is 40.9. The van der Waals surface area contributed by atoms with Gasteiger partial charge in [-0.2, -0.15) is 0 Å². The van der Waals surface area contributed by atoms with Crippen molar-refractivity contribution in [3.05, 3.63) is 0 Å². The zero-order valence-electron chi connectivity index (χ0n) is 13.2. The zero-order chi connectivity index (χ0) is 15.5. The third-order valence-corrected chi connectivity index (χ3v) is 5.35. The Hall–Kier alpha value is -1.26. The Kier molecular flexibility index (Phi) is 3.05. The fraction of sp³-hybridized carbons (Fsp3) is 0.875. The summed E-state index contributed by atoms with van der Waals surface area (Å²) >= 11 is 0. The van der Waals surface area contributed by atoms with Gasteiger partial charge in [-0.1, -0.05) is 0 Å². The molecule has 0 aliphatic heterocycles. The highest BCUT2D eigenvalue weighted by Gasteiger charge is 2.60. The number of amides is 2. The highest BCUT2D eigenvalue weighted by atomic mass is 16.6. The molecule has 4 fully saturated rings. The second-order valence-corrected chi connectivity index (χ2v) is 8.51. The number of carbonyl (C=O) groups is 2. The summed E-state index contributed by atoms with van der Waals surface area (Å²) in [6.45, 7) is 5.57. The quantitative estimate of drug-likeness (QED) is 0.820. The highest BCUT2D eigenvalue weighted by molar-refractivity contribution is 5.82. The molecule has 4 saturated carbocycles.